The molecule has 2 N–H and O–H groups in total. The van der Waals surface area contributed by atoms with Crippen LogP contribution in [0.25, 0.3) is 0 Å². The summed E-state index contributed by atoms with van der Waals surface area (Å²) >= 11 is 0. The average molecular weight is 257 g/mol. The minimum Gasteiger partial charge on any atom is -0.396 e. The maximum Gasteiger partial charge on any atom is 0.411 e. The van der Waals surface area contributed by atoms with Crippen LogP contribution in [0.15, 0.2) is 0 Å². The van der Waals surface area contributed by atoms with Gasteiger partial charge in [-0.05, 0) is 20.3 Å². The summed E-state index contributed by atoms with van der Waals surface area (Å²) in [7, 11) is 0. The van der Waals surface area contributed by atoms with Gasteiger partial charge >= 0.3 is 6.18 Å². The summed E-state index contributed by atoms with van der Waals surface area (Å²) in [6.07, 6.45) is -4.13. The van der Waals surface area contributed by atoms with Crippen LogP contribution in [-0.4, -0.2) is 42.5 Å². The summed E-state index contributed by atoms with van der Waals surface area (Å²) in [6, 6.07) is 0. The van der Waals surface area contributed by atoms with Crippen LogP contribution in [-0.2, 0) is 9.53 Å². The van der Waals surface area contributed by atoms with Crippen LogP contribution in [0.1, 0.15) is 26.7 Å². The number of hydrogen-bond acceptors (Lipinski definition) is 3. The van der Waals surface area contributed by atoms with E-state index in [0.29, 0.717) is 6.42 Å². The number of carbonyl (C=O) groups is 1. The van der Waals surface area contributed by atoms with Crippen molar-refractivity contribution in [3.63, 3.8) is 0 Å². The van der Waals surface area contributed by atoms with Gasteiger partial charge in [-0.25, -0.2) is 0 Å². The molecule has 0 aliphatic carbocycles. The van der Waals surface area contributed by atoms with E-state index < -0.39 is 24.2 Å². The molecule has 0 aliphatic heterocycles. The molecule has 0 aliphatic rings. The van der Waals surface area contributed by atoms with E-state index in [-0.39, 0.29) is 19.6 Å². The molecular weight excluding hydrogens is 239 g/mol. The number of halogens is 3. The normalized spacial score (nSPS) is 12.6. The first kappa shape index (κ1) is 16.2. The van der Waals surface area contributed by atoms with Crippen molar-refractivity contribution in [2.45, 2.75) is 38.4 Å². The number of amides is 1. The number of rotatable bonds is 7. The highest BCUT2D eigenvalue weighted by Gasteiger charge is 2.27. The van der Waals surface area contributed by atoms with Gasteiger partial charge in [-0.2, -0.15) is 13.2 Å². The Bertz CT molecular complexity index is 241. The largest absolute Gasteiger partial charge is 0.411 e. The highest BCUT2D eigenvalue weighted by atomic mass is 19.4. The second-order valence-electron chi connectivity index (χ2n) is 4.32. The van der Waals surface area contributed by atoms with Gasteiger partial charge in [-0.3, -0.25) is 4.79 Å². The van der Waals surface area contributed by atoms with Gasteiger partial charge in [0.1, 0.15) is 6.61 Å². The topological polar surface area (TPSA) is 58.6 Å². The number of alkyl halides is 3. The summed E-state index contributed by atoms with van der Waals surface area (Å²) in [6.45, 7) is 1.74. The van der Waals surface area contributed by atoms with Crippen LogP contribution in [0.5, 0.6) is 0 Å². The lowest BCUT2D eigenvalue weighted by atomic mass is 10.0. The molecule has 0 spiro atoms. The SMILES string of the molecule is CC(C)(CCO)NC(=O)CCOCC(F)(F)F. The van der Waals surface area contributed by atoms with Crippen molar-refractivity contribution in [1.29, 1.82) is 0 Å². The zero-order chi connectivity index (χ0) is 13.5. The van der Waals surface area contributed by atoms with Crippen LogP contribution in [0.4, 0.5) is 13.2 Å². The maximum absolute atomic E-state index is 11.7. The van der Waals surface area contributed by atoms with Gasteiger partial charge in [-0.15, -0.1) is 0 Å². The van der Waals surface area contributed by atoms with Gasteiger partial charge in [0.05, 0.1) is 6.61 Å². The molecule has 0 atom stereocenters. The molecule has 0 saturated heterocycles. The van der Waals surface area contributed by atoms with E-state index in [1.165, 1.54) is 0 Å². The fraction of sp³-hybridized carbons (Fsp3) is 0.900. The summed E-state index contributed by atoms with van der Waals surface area (Å²) < 4.78 is 39.4. The Morgan fingerprint density at radius 3 is 2.41 bits per heavy atom. The third-order valence-corrected chi connectivity index (χ3v) is 1.95. The first-order valence-corrected chi connectivity index (χ1v) is 5.23. The molecule has 4 nitrogen and oxygen atoms in total. The van der Waals surface area contributed by atoms with Crippen LogP contribution in [0, 0.1) is 0 Å². The van der Waals surface area contributed by atoms with Crippen molar-refractivity contribution in [2.24, 2.45) is 0 Å². The molecule has 0 bridgehead atoms. The molecule has 0 rings (SSSR count). The number of aliphatic hydroxyl groups is 1. The number of carbonyl (C=O) groups excluding carboxylic acids is 1. The highest BCUT2D eigenvalue weighted by molar-refractivity contribution is 5.76. The number of nitrogens with one attached hydrogen (secondary N) is 1. The van der Waals surface area contributed by atoms with E-state index in [1.807, 2.05) is 0 Å². The monoisotopic (exact) mass is 257 g/mol. The van der Waals surface area contributed by atoms with Crippen LogP contribution >= 0.6 is 0 Å². The number of hydrogen-bond donors (Lipinski definition) is 2. The Balaban J connectivity index is 3.74. The highest BCUT2D eigenvalue weighted by Crippen LogP contribution is 2.14. The molecule has 17 heavy (non-hydrogen) atoms. The molecule has 102 valence electrons. The van der Waals surface area contributed by atoms with Gasteiger partial charge in [0.25, 0.3) is 0 Å². The van der Waals surface area contributed by atoms with Crippen LogP contribution < -0.4 is 5.32 Å². The second-order valence-corrected chi connectivity index (χ2v) is 4.32. The van der Waals surface area contributed by atoms with Crippen LogP contribution in [0.2, 0.25) is 0 Å². The lowest BCUT2D eigenvalue weighted by Gasteiger charge is -2.25. The second kappa shape index (κ2) is 6.80. The third-order valence-electron chi connectivity index (χ3n) is 1.95. The van der Waals surface area contributed by atoms with E-state index >= 15 is 0 Å². The van der Waals surface area contributed by atoms with E-state index in [1.54, 1.807) is 13.8 Å². The molecule has 0 unspecified atom stereocenters. The molecule has 0 aromatic heterocycles. The number of ether oxygens (including phenoxy) is 1. The van der Waals surface area contributed by atoms with Crippen molar-refractivity contribution in [2.75, 3.05) is 19.8 Å². The van der Waals surface area contributed by atoms with Gasteiger partial charge in [0, 0.05) is 18.6 Å². The Labute approximate surface area is 98.1 Å². The molecule has 0 saturated carbocycles. The van der Waals surface area contributed by atoms with Crippen molar-refractivity contribution < 1.29 is 27.8 Å². The summed E-state index contributed by atoms with van der Waals surface area (Å²) in [5.74, 6) is -0.398. The van der Waals surface area contributed by atoms with Gasteiger partial charge in [-0.1, -0.05) is 0 Å². The van der Waals surface area contributed by atoms with Crippen molar-refractivity contribution in [3.05, 3.63) is 0 Å². The van der Waals surface area contributed by atoms with E-state index in [4.69, 9.17) is 5.11 Å². The number of aliphatic hydroxyl groups excluding tert-OH is 1. The molecular formula is C10H18F3NO3. The minimum atomic E-state index is -4.37. The van der Waals surface area contributed by atoms with Crippen molar-refractivity contribution in [1.82, 2.24) is 5.32 Å². The fourth-order valence-corrected chi connectivity index (χ4v) is 1.13. The lowest BCUT2D eigenvalue weighted by Crippen LogP contribution is -2.44. The maximum atomic E-state index is 11.7. The van der Waals surface area contributed by atoms with E-state index in [9.17, 15) is 18.0 Å². The van der Waals surface area contributed by atoms with Gasteiger partial charge < -0.3 is 15.2 Å². The predicted octanol–water partition coefficient (Wildman–Crippen LogP) is 1.23. The smallest absolute Gasteiger partial charge is 0.396 e. The van der Waals surface area contributed by atoms with Gasteiger partial charge in [0.2, 0.25) is 5.91 Å². The first-order valence-electron chi connectivity index (χ1n) is 5.23. The molecule has 1 amide bonds. The van der Waals surface area contributed by atoms with E-state index in [0.717, 1.165) is 0 Å². The van der Waals surface area contributed by atoms with Crippen LogP contribution in [0.3, 0.4) is 0 Å². The molecule has 0 aromatic carbocycles. The Morgan fingerprint density at radius 1 is 1.35 bits per heavy atom. The summed E-state index contributed by atoms with van der Waals surface area (Å²) in [5.41, 5.74) is -0.574. The third kappa shape index (κ3) is 10.1. The Morgan fingerprint density at radius 2 is 1.94 bits per heavy atom. The fourth-order valence-electron chi connectivity index (χ4n) is 1.13. The van der Waals surface area contributed by atoms with Gasteiger partial charge in [0.15, 0.2) is 0 Å². The minimum absolute atomic E-state index is 0.0716. The molecule has 0 fully saturated rings. The van der Waals surface area contributed by atoms with E-state index in [2.05, 4.69) is 10.1 Å². The standard InChI is InChI=1S/C10H18F3NO3/c1-9(2,4-5-15)14-8(16)3-6-17-7-10(11,12)13/h15H,3-7H2,1-2H3,(H,14,16). The average Bonchev–Trinajstić information content (AvgIpc) is 2.09. The lowest BCUT2D eigenvalue weighted by molar-refractivity contribution is -0.174. The molecule has 0 radical (unpaired) electrons. The van der Waals surface area contributed by atoms with Crippen molar-refractivity contribution in [3.8, 4) is 0 Å². The van der Waals surface area contributed by atoms with Crippen molar-refractivity contribution >= 4 is 5.91 Å². The Kier molecular flexibility index (Phi) is 6.48. The molecule has 0 aromatic rings. The zero-order valence-corrected chi connectivity index (χ0v) is 9.93. The summed E-state index contributed by atoms with van der Waals surface area (Å²) in [4.78, 5) is 11.3. The predicted molar refractivity (Wildman–Crippen MR) is 55.4 cm³/mol. The summed E-state index contributed by atoms with van der Waals surface area (Å²) in [5, 5.41) is 11.3. The molecule has 7 heteroatoms. The Hall–Kier alpha value is -0.820. The zero-order valence-electron chi connectivity index (χ0n) is 9.93. The quantitative estimate of drug-likeness (QED) is 0.674. The molecule has 0 heterocycles. The first-order chi connectivity index (χ1) is 7.66.